The number of rotatable bonds is 18. The molecule has 85 heavy (non-hydrogen) atoms. The number of likely N-dealkylation sites (tertiary alicyclic amines) is 2. The predicted octanol–water partition coefficient (Wildman–Crippen LogP) is 18.9. The van der Waals surface area contributed by atoms with Gasteiger partial charge in [0.2, 0.25) is 0 Å². The minimum absolute atomic E-state index is 0. The average Bonchev–Trinajstić information content (AvgIpc) is 4.25. The number of pyridine rings is 1. The van der Waals surface area contributed by atoms with E-state index >= 15 is 0 Å². The third kappa shape index (κ3) is 40.9. The smallest absolute Gasteiger partial charge is 0.139 e. The first kappa shape index (κ1) is 80.9. The van der Waals surface area contributed by atoms with Crippen LogP contribution in [0.25, 0.3) is 0 Å². The van der Waals surface area contributed by atoms with Gasteiger partial charge in [-0.1, -0.05) is 165 Å². The van der Waals surface area contributed by atoms with Crippen LogP contribution in [-0.2, 0) is 38.5 Å². The third-order valence-electron chi connectivity index (χ3n) is 16.7. The zero-order valence-electron chi connectivity index (χ0n) is 57.3. The van der Waals surface area contributed by atoms with E-state index < -0.39 is 0 Å². The Morgan fingerprint density at radius 1 is 0.588 bits per heavy atom. The highest BCUT2D eigenvalue weighted by Crippen LogP contribution is 2.28. The van der Waals surface area contributed by atoms with Gasteiger partial charge < -0.3 is 14.5 Å². The van der Waals surface area contributed by atoms with Gasteiger partial charge in [0.1, 0.15) is 17.3 Å². The van der Waals surface area contributed by atoms with E-state index in [1.165, 1.54) is 154 Å². The Kier molecular flexibility index (Phi) is 47.5. The molecule has 8 rings (SSSR count). The summed E-state index contributed by atoms with van der Waals surface area (Å²) in [6.45, 7) is 41.2. The molecule has 0 unspecified atom stereocenters. The lowest BCUT2D eigenvalue weighted by atomic mass is 9.84. The van der Waals surface area contributed by atoms with Crippen molar-refractivity contribution >= 4 is 17.3 Å². The summed E-state index contributed by atoms with van der Waals surface area (Å²) in [5.41, 5.74) is 6.74. The first-order valence-electron chi connectivity index (χ1n) is 33.9. The largest absolute Gasteiger partial charge is 0.383 e. The average molecular weight is 1180 g/mol. The summed E-state index contributed by atoms with van der Waals surface area (Å²) in [6, 6.07) is 5.44. The van der Waals surface area contributed by atoms with Crippen LogP contribution in [0.1, 0.15) is 276 Å². The quantitative estimate of drug-likeness (QED) is 0.124. The number of carbonyl (C=O) groups excluding carboxylic acids is 3. The highest BCUT2D eigenvalue weighted by molar-refractivity contribution is 5.82. The van der Waals surface area contributed by atoms with Crippen molar-refractivity contribution in [3.63, 3.8) is 0 Å². The van der Waals surface area contributed by atoms with Gasteiger partial charge >= 0.3 is 0 Å². The van der Waals surface area contributed by atoms with E-state index in [2.05, 4.69) is 118 Å². The predicted molar refractivity (Wildman–Crippen MR) is 364 cm³/mol. The monoisotopic (exact) mass is 1180 g/mol. The molecular weight excluding hydrogens is 1050 g/mol. The van der Waals surface area contributed by atoms with Crippen molar-refractivity contribution < 1.29 is 19.1 Å². The molecule has 5 heterocycles. The number of ketones is 3. The molecule has 488 valence electrons. The SMILES string of the molecule is C.CC(C)C(=O)CC1CCCCC1.CC(C)C(=O)CCc1cccnc1.CC(C)C(=O)Cc1cn[nH]c1.CC(C)C1=CCCCC1.CC(C)C1=CCCCC1.CC(C)N1CCCCC1.CC(C)N1CCCCC1.COCCn1cc(C(C)C)cn1. The Labute approximate surface area is 524 Å². The van der Waals surface area contributed by atoms with Crippen LogP contribution in [0.2, 0.25) is 0 Å². The minimum Gasteiger partial charge on any atom is -0.383 e. The van der Waals surface area contributed by atoms with E-state index in [1.807, 2.05) is 70.8 Å². The van der Waals surface area contributed by atoms with E-state index in [9.17, 15) is 14.4 Å². The number of aromatic nitrogens is 5. The maximum atomic E-state index is 11.4. The second kappa shape index (κ2) is 49.9. The van der Waals surface area contributed by atoms with Gasteiger partial charge in [0.05, 0.1) is 25.5 Å². The molecule has 1 saturated carbocycles. The summed E-state index contributed by atoms with van der Waals surface area (Å²) in [4.78, 5) is 43.0. The normalized spacial score (nSPS) is 16.4. The van der Waals surface area contributed by atoms with E-state index in [0.29, 0.717) is 36.2 Å². The zero-order valence-corrected chi connectivity index (χ0v) is 57.3. The Morgan fingerprint density at radius 2 is 1.09 bits per heavy atom. The number of hydrogen-bond donors (Lipinski definition) is 1. The second-order valence-corrected chi connectivity index (χ2v) is 26.6. The van der Waals surface area contributed by atoms with Crippen LogP contribution in [0.15, 0.2) is 72.6 Å². The third-order valence-corrected chi connectivity index (χ3v) is 16.7. The number of H-pyrrole nitrogens is 1. The summed E-state index contributed by atoms with van der Waals surface area (Å²) in [5.74, 6) is 4.41. The number of hydrogen-bond acceptors (Lipinski definition) is 9. The zero-order chi connectivity index (χ0) is 62.7. The van der Waals surface area contributed by atoms with Crippen molar-refractivity contribution in [2.45, 2.75) is 290 Å². The fourth-order valence-corrected chi connectivity index (χ4v) is 10.4. The van der Waals surface area contributed by atoms with Gasteiger partial charge in [0, 0.05) is 81.0 Å². The van der Waals surface area contributed by atoms with Gasteiger partial charge in [-0.3, -0.25) is 29.1 Å². The highest BCUT2D eigenvalue weighted by atomic mass is 16.5. The molecule has 0 radical (unpaired) electrons. The van der Waals surface area contributed by atoms with Gasteiger partial charge in [0.25, 0.3) is 0 Å². The van der Waals surface area contributed by atoms with Crippen LogP contribution >= 0.6 is 0 Å². The number of methoxy groups -OCH3 is 1. The molecule has 3 fully saturated rings. The number of piperidine rings is 2. The molecule has 0 amide bonds. The standard InChI is InChI=1S/C11H15NO.C11H20O.C9H16N2O.2C9H16.C8H12N2O.2C8H17N.CH4/c1-9(2)11(13)6-5-10-4-3-7-12-8-10;1-9(2)11(12)8-10-6-4-3-5-7-10;1-8(2)9-6-10-11(7-9)4-5-12-3;2*1-8(2)9-6-4-3-5-7-9;1-6(2)8(11)3-7-4-9-10-5-7;2*1-8(2)9-6-4-3-5-7-9;/h3-4,7-9H,5-6H2,1-2H3;9-10H,3-8H2,1-2H3;6-8H,4-5H2,1-3H3;2*6,8H,3-5,7H2,1-2H3;4-6H,3H2,1-2H3,(H,9,10);2*8H,3-7H2,1-2H3;1H4. The van der Waals surface area contributed by atoms with Crippen LogP contribution < -0.4 is 0 Å². The van der Waals surface area contributed by atoms with Gasteiger partial charge in [-0.15, -0.1) is 0 Å². The van der Waals surface area contributed by atoms with E-state index in [1.54, 1.807) is 36.8 Å². The Bertz CT molecular complexity index is 2070. The lowest BCUT2D eigenvalue weighted by Gasteiger charge is -2.29. The number of nitrogens with zero attached hydrogens (tertiary/aromatic N) is 6. The van der Waals surface area contributed by atoms with E-state index in [0.717, 1.165) is 61.0 Å². The first-order valence-corrected chi connectivity index (χ1v) is 33.9. The molecule has 2 aliphatic heterocycles. The number of Topliss-reactive ketones (excluding diaryl/α,β-unsaturated/α-hetero) is 3. The summed E-state index contributed by atoms with van der Waals surface area (Å²) >= 11 is 0. The van der Waals surface area contributed by atoms with Crippen molar-refractivity contribution in [2.75, 3.05) is 39.9 Å². The Balaban J connectivity index is 0.000000951. The first-order chi connectivity index (χ1) is 40.0. The van der Waals surface area contributed by atoms with Crippen molar-refractivity contribution in [3.8, 4) is 0 Å². The van der Waals surface area contributed by atoms with Crippen molar-refractivity contribution in [3.05, 3.63) is 89.3 Å². The van der Waals surface area contributed by atoms with E-state index in [-0.39, 0.29) is 31.0 Å². The molecule has 2 saturated heterocycles. The minimum atomic E-state index is 0. The Hall–Kier alpha value is -4.06. The molecule has 11 heteroatoms. The maximum absolute atomic E-state index is 11.4. The van der Waals surface area contributed by atoms with Crippen molar-refractivity contribution in [1.29, 1.82) is 0 Å². The van der Waals surface area contributed by atoms with Crippen LogP contribution in [-0.4, -0.2) is 104 Å². The molecule has 0 aromatic carbocycles. The van der Waals surface area contributed by atoms with Gasteiger partial charge in [0.15, 0.2) is 0 Å². The van der Waals surface area contributed by atoms with Crippen LogP contribution in [0.4, 0.5) is 0 Å². The van der Waals surface area contributed by atoms with Crippen LogP contribution in [0.5, 0.6) is 0 Å². The molecule has 11 nitrogen and oxygen atoms in total. The number of aryl methyl sites for hydroxylation is 1. The summed E-state index contributed by atoms with van der Waals surface area (Å²) < 4.78 is 6.87. The van der Waals surface area contributed by atoms with Crippen LogP contribution in [0, 0.1) is 35.5 Å². The molecule has 0 atom stereocenters. The summed E-state index contributed by atoms with van der Waals surface area (Å²) in [7, 11) is 1.70. The number of carbonyl (C=O) groups is 3. The fraction of sp³-hybridized carbons (Fsp3) is 0.757. The highest BCUT2D eigenvalue weighted by Gasteiger charge is 2.19. The van der Waals surface area contributed by atoms with E-state index in [4.69, 9.17) is 4.74 Å². The lowest BCUT2D eigenvalue weighted by molar-refractivity contribution is -0.123. The Morgan fingerprint density at radius 3 is 1.45 bits per heavy atom. The number of allylic oxidation sites excluding steroid dienone is 4. The number of ether oxygens (including phenoxy) is 1. The molecule has 5 aliphatic rings. The summed E-state index contributed by atoms with van der Waals surface area (Å²) in [5, 5.41) is 10.6. The molecule has 0 bridgehead atoms. The number of aromatic amines is 1. The maximum Gasteiger partial charge on any atom is 0.139 e. The molecule has 3 aliphatic carbocycles. The molecule has 3 aromatic heterocycles. The van der Waals surface area contributed by atoms with Gasteiger partial charge in [-0.2, -0.15) is 10.2 Å². The lowest BCUT2D eigenvalue weighted by Crippen LogP contribution is -2.35. The fourth-order valence-electron chi connectivity index (χ4n) is 10.4. The second-order valence-electron chi connectivity index (χ2n) is 26.6. The van der Waals surface area contributed by atoms with Crippen molar-refractivity contribution in [1.82, 2.24) is 34.8 Å². The van der Waals surface area contributed by atoms with Crippen molar-refractivity contribution in [2.24, 2.45) is 35.5 Å². The topological polar surface area (TPSA) is 126 Å². The molecule has 1 N–H and O–H groups in total. The molecular formula is C74H133N7O4. The molecule has 0 spiro atoms. The number of nitrogens with one attached hydrogen (secondary N) is 1. The molecule has 3 aromatic rings. The van der Waals surface area contributed by atoms with Gasteiger partial charge in [-0.05, 0) is 184 Å². The van der Waals surface area contributed by atoms with Gasteiger partial charge in [-0.25, -0.2) is 0 Å². The summed E-state index contributed by atoms with van der Waals surface area (Å²) in [6.07, 6.45) is 44.8. The van der Waals surface area contributed by atoms with Crippen LogP contribution in [0.3, 0.4) is 0 Å².